The molecular formula is C25H40N4O6. The molecule has 2 aliphatic heterocycles. The molecule has 10 nitrogen and oxygen atoms in total. The van der Waals surface area contributed by atoms with Crippen molar-refractivity contribution in [3.63, 3.8) is 0 Å². The van der Waals surface area contributed by atoms with Crippen molar-refractivity contribution < 1.29 is 28.7 Å². The molecule has 3 aliphatic rings. The Morgan fingerprint density at radius 3 is 2.63 bits per heavy atom. The van der Waals surface area contributed by atoms with Gasteiger partial charge in [-0.05, 0) is 72.1 Å². The Balaban J connectivity index is 1.84. The number of rotatable bonds is 3. The Hall–Kier alpha value is -2.78. The molecule has 10 heteroatoms. The monoisotopic (exact) mass is 492 g/mol. The lowest BCUT2D eigenvalue weighted by atomic mass is 10.0. The zero-order valence-electron chi connectivity index (χ0n) is 21.6. The van der Waals surface area contributed by atoms with E-state index in [-0.39, 0.29) is 18.4 Å². The molecule has 1 aliphatic carbocycles. The largest absolute Gasteiger partial charge is 0.464 e. The second kappa shape index (κ2) is 10.9. The van der Waals surface area contributed by atoms with Gasteiger partial charge in [-0.2, -0.15) is 0 Å². The maximum absolute atomic E-state index is 13.5. The second-order valence-electron chi connectivity index (χ2n) is 10.8. The van der Waals surface area contributed by atoms with Crippen molar-refractivity contribution >= 4 is 24.0 Å². The Morgan fingerprint density at radius 1 is 1.20 bits per heavy atom. The van der Waals surface area contributed by atoms with Crippen molar-refractivity contribution in [3.05, 3.63) is 12.2 Å². The third kappa shape index (κ3) is 6.67. The van der Waals surface area contributed by atoms with E-state index in [9.17, 15) is 19.2 Å². The zero-order valence-corrected chi connectivity index (χ0v) is 21.6. The molecule has 1 saturated carbocycles. The first-order valence-corrected chi connectivity index (χ1v) is 12.7. The van der Waals surface area contributed by atoms with Crippen LogP contribution in [0.4, 0.5) is 9.59 Å². The van der Waals surface area contributed by atoms with E-state index in [2.05, 4.69) is 23.7 Å². The molecule has 0 aromatic rings. The van der Waals surface area contributed by atoms with Gasteiger partial charge in [-0.15, -0.1) is 0 Å². The van der Waals surface area contributed by atoms with Crippen molar-refractivity contribution in [2.45, 2.75) is 90.3 Å². The number of nitrogens with zero attached hydrogens (tertiary/aromatic N) is 2. The highest BCUT2D eigenvalue weighted by molar-refractivity contribution is 5.95. The van der Waals surface area contributed by atoms with Crippen LogP contribution >= 0.6 is 0 Å². The van der Waals surface area contributed by atoms with Crippen molar-refractivity contribution in [2.24, 2.45) is 11.8 Å². The summed E-state index contributed by atoms with van der Waals surface area (Å²) < 4.78 is 10.6. The van der Waals surface area contributed by atoms with E-state index in [0.717, 1.165) is 12.8 Å². The fourth-order valence-electron chi connectivity index (χ4n) is 4.68. The van der Waals surface area contributed by atoms with Crippen LogP contribution in [-0.4, -0.2) is 70.8 Å². The molecule has 35 heavy (non-hydrogen) atoms. The summed E-state index contributed by atoms with van der Waals surface area (Å²) in [6, 6.07) is -1.18. The molecule has 0 aromatic heterocycles. The highest BCUT2D eigenvalue weighted by Gasteiger charge is 2.62. The highest BCUT2D eigenvalue weighted by Crippen LogP contribution is 2.46. The van der Waals surface area contributed by atoms with Gasteiger partial charge in [-0.3, -0.25) is 4.79 Å². The number of hydrogen-bond donors (Lipinski definition) is 2. The molecule has 0 aromatic carbocycles. The average Bonchev–Trinajstić information content (AvgIpc) is 3.23. The average molecular weight is 493 g/mol. The van der Waals surface area contributed by atoms with E-state index < -0.39 is 35.3 Å². The van der Waals surface area contributed by atoms with Crippen LogP contribution in [0.25, 0.3) is 0 Å². The molecule has 4 atom stereocenters. The first-order valence-electron chi connectivity index (χ1n) is 12.7. The number of hydrogen-bond acceptors (Lipinski definition) is 6. The van der Waals surface area contributed by atoms with Gasteiger partial charge in [0.2, 0.25) is 5.91 Å². The normalized spacial score (nSPS) is 30.7. The van der Waals surface area contributed by atoms with Gasteiger partial charge in [-0.25, -0.2) is 24.8 Å². The number of carbonyl (C=O) groups is 4. The summed E-state index contributed by atoms with van der Waals surface area (Å²) in [4.78, 5) is 53.6. The maximum Gasteiger partial charge on any atom is 0.426 e. The number of ether oxygens (including phenoxy) is 2. The van der Waals surface area contributed by atoms with Gasteiger partial charge in [0.25, 0.3) is 0 Å². The quantitative estimate of drug-likeness (QED) is 0.462. The lowest BCUT2D eigenvalue weighted by Gasteiger charge is -2.33. The minimum absolute atomic E-state index is 0.123. The lowest BCUT2D eigenvalue weighted by molar-refractivity contribution is -0.149. The number of esters is 1. The molecule has 2 heterocycles. The van der Waals surface area contributed by atoms with Crippen molar-refractivity contribution in [1.82, 2.24) is 20.7 Å². The topological polar surface area (TPSA) is 117 Å². The third-order valence-corrected chi connectivity index (χ3v) is 6.70. The minimum Gasteiger partial charge on any atom is -0.464 e. The Labute approximate surface area is 207 Å². The SMILES string of the molecule is CCOC(=O)[C@@]12C[C@H]1/C=C\CCC(C)CCN(NC(=O)OC(C)(C)C)C(=O)N1CCC[C@H]1C(=O)N2. The Morgan fingerprint density at radius 2 is 1.94 bits per heavy atom. The summed E-state index contributed by atoms with van der Waals surface area (Å²) in [5.74, 6) is -0.643. The van der Waals surface area contributed by atoms with E-state index in [1.807, 2.05) is 6.08 Å². The molecule has 1 saturated heterocycles. The Kier molecular flexibility index (Phi) is 8.33. The number of hydrazine groups is 1. The highest BCUT2D eigenvalue weighted by atomic mass is 16.6. The smallest absolute Gasteiger partial charge is 0.426 e. The molecule has 2 fully saturated rings. The van der Waals surface area contributed by atoms with Crippen LogP contribution in [0.1, 0.15) is 73.1 Å². The number of carbonyl (C=O) groups excluding carboxylic acids is 4. The van der Waals surface area contributed by atoms with Gasteiger partial charge < -0.3 is 19.7 Å². The van der Waals surface area contributed by atoms with Gasteiger partial charge >= 0.3 is 18.1 Å². The number of urea groups is 1. The van der Waals surface area contributed by atoms with Gasteiger partial charge in [0, 0.05) is 19.0 Å². The van der Waals surface area contributed by atoms with Crippen LogP contribution in [0.3, 0.4) is 0 Å². The minimum atomic E-state index is -1.08. The molecule has 3 rings (SSSR count). The van der Waals surface area contributed by atoms with Gasteiger partial charge in [0.15, 0.2) is 0 Å². The van der Waals surface area contributed by atoms with E-state index in [1.54, 1.807) is 27.7 Å². The zero-order chi connectivity index (χ0) is 25.8. The summed E-state index contributed by atoms with van der Waals surface area (Å²) in [6.45, 7) is 10.00. The van der Waals surface area contributed by atoms with E-state index in [4.69, 9.17) is 9.47 Å². The molecule has 1 unspecified atom stereocenters. The molecule has 196 valence electrons. The number of amides is 4. The summed E-state index contributed by atoms with van der Waals surface area (Å²) in [7, 11) is 0. The molecule has 4 amide bonds. The second-order valence-corrected chi connectivity index (χ2v) is 10.8. The van der Waals surface area contributed by atoms with Crippen molar-refractivity contribution in [3.8, 4) is 0 Å². The van der Waals surface area contributed by atoms with Gasteiger partial charge in [0.05, 0.1) is 6.61 Å². The van der Waals surface area contributed by atoms with Gasteiger partial charge in [0.1, 0.15) is 17.2 Å². The van der Waals surface area contributed by atoms with Crippen LogP contribution in [-0.2, 0) is 19.1 Å². The first kappa shape index (κ1) is 26.8. The third-order valence-electron chi connectivity index (χ3n) is 6.70. The summed E-state index contributed by atoms with van der Waals surface area (Å²) in [6.07, 6.45) is 7.32. The predicted molar refractivity (Wildman–Crippen MR) is 129 cm³/mol. The maximum atomic E-state index is 13.5. The summed E-state index contributed by atoms with van der Waals surface area (Å²) >= 11 is 0. The first-order chi connectivity index (χ1) is 16.5. The van der Waals surface area contributed by atoms with Crippen LogP contribution in [0.15, 0.2) is 12.2 Å². The van der Waals surface area contributed by atoms with Crippen molar-refractivity contribution in [2.75, 3.05) is 19.7 Å². The Bertz CT molecular complexity index is 853. The molecule has 0 bridgehead atoms. The molecular weight excluding hydrogens is 452 g/mol. The summed E-state index contributed by atoms with van der Waals surface area (Å²) in [5.41, 5.74) is 0.788. The van der Waals surface area contributed by atoms with Crippen LogP contribution in [0.2, 0.25) is 0 Å². The fourth-order valence-corrected chi connectivity index (χ4v) is 4.68. The molecule has 0 spiro atoms. The van der Waals surface area contributed by atoms with E-state index >= 15 is 0 Å². The standard InChI is InChI=1S/C25H40N4O6/c1-6-34-21(31)25-16-18(25)11-8-7-10-17(2)13-15-29(27-22(32)35-24(3,4)5)23(33)28-14-9-12-19(28)20(30)26-25/h8,11,17-19H,6-7,9-10,12-16H2,1-5H3,(H,26,30)(H,27,32)/b11-8-/t17?,18-,19+,25-/m1/s1. The number of fused-ring (bicyclic) bond motifs is 2. The van der Waals surface area contributed by atoms with E-state index in [0.29, 0.717) is 44.7 Å². The summed E-state index contributed by atoms with van der Waals surface area (Å²) in [5, 5.41) is 4.18. The van der Waals surface area contributed by atoms with Gasteiger partial charge in [-0.1, -0.05) is 19.1 Å². The van der Waals surface area contributed by atoms with Crippen LogP contribution in [0.5, 0.6) is 0 Å². The van der Waals surface area contributed by atoms with E-state index in [1.165, 1.54) is 9.91 Å². The lowest BCUT2D eigenvalue weighted by Crippen LogP contribution is -2.58. The molecule has 0 radical (unpaired) electrons. The number of nitrogens with one attached hydrogen (secondary N) is 2. The predicted octanol–water partition coefficient (Wildman–Crippen LogP) is 3.13. The van der Waals surface area contributed by atoms with Crippen molar-refractivity contribution in [1.29, 1.82) is 0 Å². The fraction of sp³-hybridized carbons (Fsp3) is 0.760. The molecule has 2 N–H and O–H groups in total. The van der Waals surface area contributed by atoms with Crippen LogP contribution < -0.4 is 10.7 Å². The van der Waals surface area contributed by atoms with Crippen LogP contribution in [0, 0.1) is 11.8 Å². The number of allylic oxidation sites excluding steroid dienone is 1.